The first-order valence-corrected chi connectivity index (χ1v) is 7.81. The van der Waals surface area contributed by atoms with Crippen molar-refractivity contribution in [3.8, 4) is 0 Å². The van der Waals surface area contributed by atoms with E-state index in [-0.39, 0.29) is 23.7 Å². The van der Waals surface area contributed by atoms with Gasteiger partial charge in [-0.15, -0.1) is 12.4 Å². The molecule has 0 aliphatic carbocycles. The highest BCUT2D eigenvalue weighted by Crippen LogP contribution is 2.27. The summed E-state index contributed by atoms with van der Waals surface area (Å²) in [5.41, 5.74) is 8.18. The third-order valence-electron chi connectivity index (χ3n) is 4.39. The highest BCUT2D eigenvalue weighted by molar-refractivity contribution is 5.85. The van der Waals surface area contributed by atoms with Crippen LogP contribution in [0.2, 0.25) is 0 Å². The molecule has 1 fully saturated rings. The topological polar surface area (TPSA) is 67.6 Å². The Labute approximate surface area is 145 Å². The van der Waals surface area contributed by atoms with Crippen LogP contribution in [0.1, 0.15) is 24.5 Å². The molecule has 1 aliphatic rings. The number of rotatable bonds is 7. The van der Waals surface area contributed by atoms with Gasteiger partial charge < -0.3 is 15.8 Å². The number of halogens is 1. The summed E-state index contributed by atoms with van der Waals surface area (Å²) in [4.78, 5) is 14.3. The lowest BCUT2D eigenvalue weighted by Gasteiger charge is -2.22. The van der Waals surface area contributed by atoms with Crippen molar-refractivity contribution in [3.05, 3.63) is 35.4 Å². The summed E-state index contributed by atoms with van der Waals surface area (Å²) in [5, 5.41) is 3.00. The number of nitrogens with one attached hydrogen (secondary N) is 1. The lowest BCUT2D eigenvalue weighted by molar-refractivity contribution is -0.122. The van der Waals surface area contributed by atoms with E-state index in [4.69, 9.17) is 10.5 Å². The highest BCUT2D eigenvalue weighted by atomic mass is 35.5. The summed E-state index contributed by atoms with van der Waals surface area (Å²) in [7, 11) is 1.68. The number of hydrogen-bond acceptors (Lipinski definition) is 4. The monoisotopic (exact) mass is 341 g/mol. The lowest BCUT2D eigenvalue weighted by Crippen LogP contribution is -2.38. The molecule has 1 unspecified atom stereocenters. The summed E-state index contributed by atoms with van der Waals surface area (Å²) in [6.07, 6.45) is 1.06. The van der Waals surface area contributed by atoms with Crippen LogP contribution in [0.15, 0.2) is 24.3 Å². The van der Waals surface area contributed by atoms with Crippen molar-refractivity contribution in [3.63, 3.8) is 0 Å². The van der Waals surface area contributed by atoms with Gasteiger partial charge in [-0.3, -0.25) is 9.69 Å². The van der Waals surface area contributed by atoms with Crippen LogP contribution in [-0.2, 0) is 22.7 Å². The Kier molecular flexibility index (Phi) is 7.99. The van der Waals surface area contributed by atoms with E-state index in [0.29, 0.717) is 26.2 Å². The fourth-order valence-electron chi connectivity index (χ4n) is 2.91. The van der Waals surface area contributed by atoms with E-state index >= 15 is 0 Å². The van der Waals surface area contributed by atoms with Gasteiger partial charge in [0.25, 0.3) is 0 Å². The molecule has 1 aromatic rings. The molecule has 0 radical (unpaired) electrons. The molecule has 23 heavy (non-hydrogen) atoms. The normalized spacial score (nSPS) is 21.0. The summed E-state index contributed by atoms with van der Waals surface area (Å²) in [6, 6.07) is 8.01. The minimum Gasteiger partial charge on any atom is -0.380 e. The molecular formula is C17H28ClN3O2. The number of carbonyl (C=O) groups excluding carboxylic acids is 1. The van der Waals surface area contributed by atoms with E-state index in [9.17, 15) is 4.79 Å². The predicted molar refractivity (Wildman–Crippen MR) is 94.5 cm³/mol. The molecule has 0 saturated carbocycles. The van der Waals surface area contributed by atoms with Gasteiger partial charge in [0.15, 0.2) is 0 Å². The van der Waals surface area contributed by atoms with Gasteiger partial charge in [0, 0.05) is 20.2 Å². The third kappa shape index (κ3) is 5.77. The van der Waals surface area contributed by atoms with E-state index in [1.165, 1.54) is 0 Å². The first-order chi connectivity index (χ1) is 10.6. The number of nitrogens with two attached hydrogens (primary N) is 1. The maximum absolute atomic E-state index is 12.1. The van der Waals surface area contributed by atoms with Crippen molar-refractivity contribution < 1.29 is 9.53 Å². The Balaban J connectivity index is 0.00000264. The smallest absolute Gasteiger partial charge is 0.234 e. The summed E-state index contributed by atoms with van der Waals surface area (Å²) < 4.78 is 5.19. The van der Waals surface area contributed by atoms with Crippen molar-refractivity contribution in [1.82, 2.24) is 10.2 Å². The quantitative estimate of drug-likeness (QED) is 0.789. The van der Waals surface area contributed by atoms with Crippen LogP contribution in [0.25, 0.3) is 0 Å². The second-order valence-electron chi connectivity index (χ2n) is 6.45. The zero-order valence-electron chi connectivity index (χ0n) is 14.0. The molecular weight excluding hydrogens is 314 g/mol. The van der Waals surface area contributed by atoms with Crippen LogP contribution in [0, 0.1) is 5.41 Å². The average Bonchev–Trinajstić information content (AvgIpc) is 2.88. The van der Waals surface area contributed by atoms with Gasteiger partial charge in [-0.1, -0.05) is 31.2 Å². The van der Waals surface area contributed by atoms with E-state index in [1.54, 1.807) is 7.11 Å². The van der Waals surface area contributed by atoms with E-state index in [0.717, 1.165) is 30.6 Å². The molecule has 6 heteroatoms. The molecule has 0 aromatic heterocycles. The molecule has 130 valence electrons. The first-order valence-electron chi connectivity index (χ1n) is 7.81. The third-order valence-corrected chi connectivity index (χ3v) is 4.39. The lowest BCUT2D eigenvalue weighted by atomic mass is 9.90. The Hall–Kier alpha value is -1.14. The van der Waals surface area contributed by atoms with Crippen molar-refractivity contribution in [2.24, 2.45) is 11.1 Å². The molecule has 1 saturated heterocycles. The molecule has 1 aromatic carbocycles. The molecule has 5 nitrogen and oxygen atoms in total. The van der Waals surface area contributed by atoms with Gasteiger partial charge in [-0.05, 0) is 36.1 Å². The standard InChI is InChI=1S/C17H27N3O2.ClH/c1-17(12-18)7-8-20(13-17)10-16(21)19-9-14-5-3-4-6-15(14)11-22-2;/h3-6H,7-13,18H2,1-2H3,(H,19,21);1H. The Bertz CT molecular complexity index is 512. The van der Waals surface area contributed by atoms with Crippen LogP contribution >= 0.6 is 12.4 Å². The zero-order valence-corrected chi connectivity index (χ0v) is 14.8. The minimum absolute atomic E-state index is 0. The number of likely N-dealkylation sites (tertiary alicyclic amines) is 1. The van der Waals surface area contributed by atoms with Gasteiger partial charge in [0.2, 0.25) is 5.91 Å². The fraction of sp³-hybridized carbons (Fsp3) is 0.588. The molecule has 1 heterocycles. The van der Waals surface area contributed by atoms with Gasteiger partial charge in [-0.25, -0.2) is 0 Å². The second kappa shape index (κ2) is 9.23. The van der Waals surface area contributed by atoms with E-state index in [1.807, 2.05) is 24.3 Å². The van der Waals surface area contributed by atoms with Crippen LogP contribution in [0.3, 0.4) is 0 Å². The number of methoxy groups -OCH3 is 1. The van der Waals surface area contributed by atoms with Crippen molar-refractivity contribution in [1.29, 1.82) is 0 Å². The molecule has 0 spiro atoms. The number of ether oxygens (including phenoxy) is 1. The maximum Gasteiger partial charge on any atom is 0.234 e. The molecule has 1 atom stereocenters. The van der Waals surface area contributed by atoms with Crippen molar-refractivity contribution in [2.75, 3.05) is 33.3 Å². The van der Waals surface area contributed by atoms with Gasteiger partial charge >= 0.3 is 0 Å². The van der Waals surface area contributed by atoms with Crippen LogP contribution in [0.5, 0.6) is 0 Å². The largest absolute Gasteiger partial charge is 0.380 e. The maximum atomic E-state index is 12.1. The van der Waals surface area contributed by atoms with Crippen molar-refractivity contribution in [2.45, 2.75) is 26.5 Å². The van der Waals surface area contributed by atoms with Crippen LogP contribution in [0.4, 0.5) is 0 Å². The Morgan fingerprint density at radius 3 is 2.70 bits per heavy atom. The van der Waals surface area contributed by atoms with Crippen molar-refractivity contribution >= 4 is 18.3 Å². The molecule has 3 N–H and O–H groups in total. The Morgan fingerprint density at radius 2 is 2.09 bits per heavy atom. The molecule has 0 bridgehead atoms. The predicted octanol–water partition coefficient (Wildman–Crippen LogP) is 1.54. The SMILES string of the molecule is COCc1ccccc1CNC(=O)CN1CCC(C)(CN)C1.Cl. The minimum atomic E-state index is 0. The fourth-order valence-corrected chi connectivity index (χ4v) is 2.91. The number of benzene rings is 1. The number of nitrogens with zero attached hydrogens (tertiary/aromatic N) is 1. The van der Waals surface area contributed by atoms with Gasteiger partial charge in [0.1, 0.15) is 0 Å². The Morgan fingerprint density at radius 1 is 1.39 bits per heavy atom. The number of hydrogen-bond donors (Lipinski definition) is 2. The molecule has 1 amide bonds. The summed E-state index contributed by atoms with van der Waals surface area (Å²) >= 11 is 0. The van der Waals surface area contributed by atoms with E-state index < -0.39 is 0 Å². The molecule has 2 rings (SSSR count). The van der Waals surface area contributed by atoms with Gasteiger partial charge in [-0.2, -0.15) is 0 Å². The second-order valence-corrected chi connectivity index (χ2v) is 6.45. The molecule has 1 aliphatic heterocycles. The highest BCUT2D eigenvalue weighted by Gasteiger charge is 2.32. The summed E-state index contributed by atoms with van der Waals surface area (Å²) in [6.45, 7) is 6.26. The van der Waals surface area contributed by atoms with Crippen LogP contribution < -0.4 is 11.1 Å². The average molecular weight is 342 g/mol. The first kappa shape index (κ1) is 19.9. The van der Waals surface area contributed by atoms with Crippen LogP contribution in [-0.4, -0.2) is 44.1 Å². The summed E-state index contributed by atoms with van der Waals surface area (Å²) in [5.74, 6) is 0.0634. The number of carbonyl (C=O) groups is 1. The number of amides is 1. The zero-order chi connectivity index (χ0) is 16.0. The van der Waals surface area contributed by atoms with Gasteiger partial charge in [0.05, 0.1) is 13.2 Å². The van der Waals surface area contributed by atoms with E-state index in [2.05, 4.69) is 17.1 Å².